The molecular formula is C13H15N3O. The zero-order chi connectivity index (χ0) is 11.8. The second kappa shape index (κ2) is 3.87. The Morgan fingerprint density at radius 3 is 2.94 bits per heavy atom. The molecule has 1 saturated carbocycles. The molecule has 1 heterocycles. The van der Waals surface area contributed by atoms with Gasteiger partial charge >= 0.3 is 0 Å². The highest BCUT2D eigenvalue weighted by Gasteiger charge is 2.27. The number of para-hydroxylation sites is 1. The SMILES string of the molecule is CC1CC(NC(=O)c2n[nH]c3ccccc23)C1. The first-order chi connectivity index (χ1) is 8.24. The minimum Gasteiger partial charge on any atom is -0.348 e. The Hall–Kier alpha value is -1.84. The third-order valence-corrected chi connectivity index (χ3v) is 3.39. The van der Waals surface area contributed by atoms with E-state index in [4.69, 9.17) is 0 Å². The van der Waals surface area contributed by atoms with E-state index in [1.807, 2.05) is 24.3 Å². The van der Waals surface area contributed by atoms with Gasteiger partial charge in [-0.3, -0.25) is 9.89 Å². The molecular weight excluding hydrogens is 214 g/mol. The summed E-state index contributed by atoms with van der Waals surface area (Å²) in [6.07, 6.45) is 2.15. The lowest BCUT2D eigenvalue weighted by molar-refractivity contribution is 0.0892. The Morgan fingerprint density at radius 2 is 2.18 bits per heavy atom. The Morgan fingerprint density at radius 1 is 1.41 bits per heavy atom. The van der Waals surface area contributed by atoms with Gasteiger partial charge in [0, 0.05) is 11.4 Å². The Kier molecular flexibility index (Phi) is 2.35. The van der Waals surface area contributed by atoms with Crippen LogP contribution in [0.5, 0.6) is 0 Å². The molecule has 0 spiro atoms. The maximum absolute atomic E-state index is 12.0. The van der Waals surface area contributed by atoms with E-state index in [0.717, 1.165) is 29.7 Å². The van der Waals surface area contributed by atoms with E-state index in [1.54, 1.807) is 0 Å². The van der Waals surface area contributed by atoms with Crippen molar-refractivity contribution in [2.45, 2.75) is 25.8 Å². The van der Waals surface area contributed by atoms with Gasteiger partial charge in [-0.2, -0.15) is 5.10 Å². The monoisotopic (exact) mass is 229 g/mol. The Bertz CT molecular complexity index is 555. The molecule has 0 unspecified atom stereocenters. The van der Waals surface area contributed by atoms with Crippen LogP contribution in [0.25, 0.3) is 10.9 Å². The number of fused-ring (bicyclic) bond motifs is 1. The molecule has 3 rings (SSSR count). The summed E-state index contributed by atoms with van der Waals surface area (Å²) in [7, 11) is 0. The van der Waals surface area contributed by atoms with Crippen LogP contribution in [0.2, 0.25) is 0 Å². The number of aromatic amines is 1. The molecule has 0 radical (unpaired) electrons. The maximum Gasteiger partial charge on any atom is 0.272 e. The molecule has 88 valence electrons. The van der Waals surface area contributed by atoms with Crippen LogP contribution in [0, 0.1) is 5.92 Å². The number of nitrogens with zero attached hydrogens (tertiary/aromatic N) is 1. The minimum absolute atomic E-state index is 0.0700. The van der Waals surface area contributed by atoms with Crippen LogP contribution in [0.4, 0.5) is 0 Å². The van der Waals surface area contributed by atoms with Crippen LogP contribution in [-0.4, -0.2) is 22.1 Å². The summed E-state index contributed by atoms with van der Waals surface area (Å²) >= 11 is 0. The van der Waals surface area contributed by atoms with Crippen molar-refractivity contribution < 1.29 is 4.79 Å². The number of hydrogen-bond donors (Lipinski definition) is 2. The number of nitrogens with one attached hydrogen (secondary N) is 2. The van der Waals surface area contributed by atoms with Gasteiger partial charge in [0.05, 0.1) is 5.52 Å². The lowest BCUT2D eigenvalue weighted by Gasteiger charge is -2.32. The highest BCUT2D eigenvalue weighted by atomic mass is 16.2. The third-order valence-electron chi connectivity index (χ3n) is 3.39. The first-order valence-electron chi connectivity index (χ1n) is 5.98. The van der Waals surface area contributed by atoms with Gasteiger partial charge in [-0.05, 0) is 24.8 Å². The van der Waals surface area contributed by atoms with Gasteiger partial charge < -0.3 is 5.32 Å². The highest BCUT2D eigenvalue weighted by Crippen LogP contribution is 2.26. The number of aromatic nitrogens is 2. The normalized spacial score (nSPS) is 23.4. The van der Waals surface area contributed by atoms with Crippen molar-refractivity contribution in [2.24, 2.45) is 5.92 Å². The molecule has 0 aliphatic heterocycles. The number of rotatable bonds is 2. The largest absolute Gasteiger partial charge is 0.348 e. The van der Waals surface area contributed by atoms with Gasteiger partial charge in [0.15, 0.2) is 5.69 Å². The lowest BCUT2D eigenvalue weighted by Crippen LogP contribution is -2.43. The molecule has 1 aromatic heterocycles. The van der Waals surface area contributed by atoms with Gasteiger partial charge in [-0.25, -0.2) is 0 Å². The fourth-order valence-corrected chi connectivity index (χ4v) is 2.41. The average Bonchev–Trinajstić information content (AvgIpc) is 2.70. The summed E-state index contributed by atoms with van der Waals surface area (Å²) in [6.45, 7) is 2.20. The molecule has 1 fully saturated rings. The molecule has 2 aromatic rings. The molecule has 4 nitrogen and oxygen atoms in total. The summed E-state index contributed by atoms with van der Waals surface area (Å²) in [5.74, 6) is 0.663. The predicted octanol–water partition coefficient (Wildman–Crippen LogP) is 2.09. The van der Waals surface area contributed by atoms with Crippen LogP contribution in [0.3, 0.4) is 0 Å². The van der Waals surface area contributed by atoms with Crippen molar-refractivity contribution in [1.29, 1.82) is 0 Å². The third kappa shape index (κ3) is 1.79. The van der Waals surface area contributed by atoms with Gasteiger partial charge in [-0.1, -0.05) is 25.1 Å². The van der Waals surface area contributed by atoms with E-state index in [9.17, 15) is 4.79 Å². The number of H-pyrrole nitrogens is 1. The number of hydrogen-bond acceptors (Lipinski definition) is 2. The molecule has 0 saturated heterocycles. The van der Waals surface area contributed by atoms with Gasteiger partial charge in [-0.15, -0.1) is 0 Å². The first-order valence-corrected chi connectivity index (χ1v) is 5.98. The van der Waals surface area contributed by atoms with Crippen molar-refractivity contribution >= 4 is 16.8 Å². The topological polar surface area (TPSA) is 57.8 Å². The summed E-state index contributed by atoms with van der Waals surface area (Å²) in [4.78, 5) is 12.0. The van der Waals surface area contributed by atoms with Crippen molar-refractivity contribution in [3.63, 3.8) is 0 Å². The van der Waals surface area contributed by atoms with Gasteiger partial charge in [0.1, 0.15) is 0 Å². The zero-order valence-corrected chi connectivity index (χ0v) is 9.73. The molecule has 17 heavy (non-hydrogen) atoms. The fraction of sp³-hybridized carbons (Fsp3) is 0.385. The van der Waals surface area contributed by atoms with Crippen LogP contribution in [0.1, 0.15) is 30.3 Å². The van der Waals surface area contributed by atoms with Crippen LogP contribution >= 0.6 is 0 Å². The molecule has 1 aliphatic rings. The van der Waals surface area contributed by atoms with E-state index in [-0.39, 0.29) is 5.91 Å². The number of carbonyl (C=O) groups is 1. The summed E-state index contributed by atoms with van der Waals surface area (Å²) in [5.41, 5.74) is 1.40. The molecule has 0 bridgehead atoms. The van der Waals surface area contributed by atoms with E-state index >= 15 is 0 Å². The number of amides is 1. The first kappa shape index (κ1) is 10.3. The van der Waals surface area contributed by atoms with Crippen molar-refractivity contribution in [3.8, 4) is 0 Å². The standard InChI is InChI=1S/C13H15N3O/c1-8-6-9(7-8)14-13(17)12-10-4-2-3-5-11(10)15-16-12/h2-5,8-9H,6-7H2,1H3,(H,14,17)(H,15,16). The van der Waals surface area contributed by atoms with E-state index < -0.39 is 0 Å². The lowest BCUT2D eigenvalue weighted by atomic mass is 9.82. The van der Waals surface area contributed by atoms with E-state index in [2.05, 4.69) is 22.4 Å². The van der Waals surface area contributed by atoms with Gasteiger partial charge in [0.2, 0.25) is 0 Å². The van der Waals surface area contributed by atoms with Crippen molar-refractivity contribution in [2.75, 3.05) is 0 Å². The number of benzene rings is 1. The molecule has 1 amide bonds. The average molecular weight is 229 g/mol. The number of carbonyl (C=O) groups excluding carboxylic acids is 1. The van der Waals surface area contributed by atoms with Crippen LogP contribution in [0.15, 0.2) is 24.3 Å². The Labute approximate surface area is 99.4 Å². The van der Waals surface area contributed by atoms with Crippen LogP contribution in [-0.2, 0) is 0 Å². The quantitative estimate of drug-likeness (QED) is 0.828. The predicted molar refractivity (Wildman–Crippen MR) is 65.7 cm³/mol. The van der Waals surface area contributed by atoms with E-state index in [1.165, 1.54) is 0 Å². The minimum atomic E-state index is -0.0700. The van der Waals surface area contributed by atoms with E-state index in [0.29, 0.717) is 11.7 Å². The molecule has 1 aromatic carbocycles. The molecule has 4 heteroatoms. The molecule has 0 atom stereocenters. The smallest absolute Gasteiger partial charge is 0.272 e. The summed E-state index contributed by atoms with van der Waals surface area (Å²) < 4.78 is 0. The Balaban J connectivity index is 1.81. The van der Waals surface area contributed by atoms with Crippen LogP contribution < -0.4 is 5.32 Å². The van der Waals surface area contributed by atoms with Crippen molar-refractivity contribution in [1.82, 2.24) is 15.5 Å². The zero-order valence-electron chi connectivity index (χ0n) is 9.73. The fourth-order valence-electron chi connectivity index (χ4n) is 2.41. The summed E-state index contributed by atoms with van der Waals surface area (Å²) in [5, 5.41) is 10.9. The molecule has 2 N–H and O–H groups in total. The molecule has 1 aliphatic carbocycles. The second-order valence-corrected chi connectivity index (χ2v) is 4.86. The van der Waals surface area contributed by atoms with Crippen molar-refractivity contribution in [3.05, 3.63) is 30.0 Å². The summed E-state index contributed by atoms with van der Waals surface area (Å²) in [6, 6.07) is 8.00. The highest BCUT2D eigenvalue weighted by molar-refractivity contribution is 6.04. The maximum atomic E-state index is 12.0. The second-order valence-electron chi connectivity index (χ2n) is 4.86. The van der Waals surface area contributed by atoms with Gasteiger partial charge in [0.25, 0.3) is 5.91 Å².